The molecule has 0 spiro atoms. The van der Waals surface area contributed by atoms with E-state index in [0.717, 1.165) is 19.6 Å². The number of hydrogen-bond acceptors (Lipinski definition) is 5. The number of aromatic nitrogens is 1. The topological polar surface area (TPSA) is 31.4 Å². The Morgan fingerprint density at radius 3 is 3.11 bits per heavy atom. The Kier molecular flexibility index (Phi) is 3.04. The van der Waals surface area contributed by atoms with Gasteiger partial charge in [-0.1, -0.05) is 0 Å². The zero-order valence-corrected chi connectivity index (χ0v) is 12.0. The molecule has 0 amide bonds. The van der Waals surface area contributed by atoms with Crippen molar-refractivity contribution < 1.29 is 0 Å². The molecule has 3 aliphatic rings. The van der Waals surface area contributed by atoms with E-state index in [-0.39, 0.29) is 0 Å². The van der Waals surface area contributed by atoms with Crippen molar-refractivity contribution in [2.24, 2.45) is 0 Å². The first-order valence-corrected chi connectivity index (χ1v) is 8.25. The molecule has 4 rings (SSSR count). The fraction of sp³-hybridized carbons (Fsp3) is 0.643. The van der Waals surface area contributed by atoms with Crippen molar-refractivity contribution in [3.63, 3.8) is 0 Å². The molecule has 1 aromatic rings. The molecule has 2 fully saturated rings. The maximum absolute atomic E-state index is 4.80. The minimum atomic E-state index is 0.629. The van der Waals surface area contributed by atoms with Gasteiger partial charge in [-0.2, -0.15) is 0 Å². The van der Waals surface area contributed by atoms with Crippen LogP contribution < -0.4 is 15.1 Å². The van der Waals surface area contributed by atoms with Crippen molar-refractivity contribution in [1.82, 2.24) is 10.3 Å². The number of nitrogens with zero attached hydrogens (tertiary/aromatic N) is 3. The van der Waals surface area contributed by atoms with E-state index in [9.17, 15) is 0 Å². The minimum Gasteiger partial charge on any atom is -0.370 e. The van der Waals surface area contributed by atoms with Crippen LogP contribution in [0, 0.1) is 0 Å². The number of thioether (sulfide) groups is 1. The third kappa shape index (κ3) is 2.09. The van der Waals surface area contributed by atoms with Gasteiger partial charge in [0.2, 0.25) is 0 Å². The molecule has 1 atom stereocenters. The first-order valence-electron chi connectivity index (χ1n) is 7.27. The van der Waals surface area contributed by atoms with Crippen LogP contribution in [0.5, 0.6) is 0 Å². The van der Waals surface area contributed by atoms with E-state index in [1.807, 2.05) is 11.8 Å². The maximum Gasteiger partial charge on any atom is 0.142 e. The van der Waals surface area contributed by atoms with Gasteiger partial charge in [-0.25, -0.2) is 4.98 Å². The molecule has 1 N–H and O–H groups in total. The average molecular weight is 276 g/mol. The SMILES string of the molecule is c1nc2c(cc1N1CCC1)SCC[C@@H]1CNCCN21. The molecule has 102 valence electrons. The molecule has 5 heteroatoms. The van der Waals surface area contributed by atoms with Gasteiger partial charge in [-0.15, -0.1) is 11.8 Å². The number of rotatable bonds is 1. The van der Waals surface area contributed by atoms with E-state index in [1.165, 1.54) is 48.1 Å². The zero-order valence-electron chi connectivity index (χ0n) is 11.1. The van der Waals surface area contributed by atoms with Crippen LogP contribution in [0.15, 0.2) is 17.2 Å². The largest absolute Gasteiger partial charge is 0.370 e. The highest BCUT2D eigenvalue weighted by Crippen LogP contribution is 2.37. The van der Waals surface area contributed by atoms with Gasteiger partial charge in [0.1, 0.15) is 5.82 Å². The van der Waals surface area contributed by atoms with E-state index in [0.29, 0.717) is 6.04 Å². The Morgan fingerprint density at radius 1 is 1.32 bits per heavy atom. The van der Waals surface area contributed by atoms with E-state index in [4.69, 9.17) is 4.98 Å². The molecule has 0 aromatic carbocycles. The summed E-state index contributed by atoms with van der Waals surface area (Å²) in [6, 6.07) is 2.99. The van der Waals surface area contributed by atoms with Gasteiger partial charge in [-0.3, -0.25) is 0 Å². The fourth-order valence-corrected chi connectivity index (χ4v) is 4.21. The van der Waals surface area contributed by atoms with Gasteiger partial charge in [-0.05, 0) is 18.9 Å². The molecule has 3 aliphatic heterocycles. The van der Waals surface area contributed by atoms with Gasteiger partial charge in [0.25, 0.3) is 0 Å². The van der Waals surface area contributed by atoms with Crippen LogP contribution in [0.4, 0.5) is 11.5 Å². The van der Waals surface area contributed by atoms with Crippen molar-refractivity contribution in [2.45, 2.75) is 23.8 Å². The lowest BCUT2D eigenvalue weighted by atomic mass is 10.1. The predicted molar refractivity (Wildman–Crippen MR) is 80.4 cm³/mol. The van der Waals surface area contributed by atoms with Crippen LogP contribution in [0.1, 0.15) is 12.8 Å². The summed E-state index contributed by atoms with van der Waals surface area (Å²) in [7, 11) is 0. The molecule has 4 heterocycles. The van der Waals surface area contributed by atoms with Gasteiger partial charge < -0.3 is 15.1 Å². The van der Waals surface area contributed by atoms with Gasteiger partial charge in [0, 0.05) is 44.5 Å². The van der Waals surface area contributed by atoms with Crippen LogP contribution in [-0.2, 0) is 0 Å². The third-order valence-electron chi connectivity index (χ3n) is 4.37. The number of pyridine rings is 1. The molecule has 0 radical (unpaired) electrons. The first-order chi connectivity index (χ1) is 9.42. The van der Waals surface area contributed by atoms with E-state index in [2.05, 4.69) is 27.4 Å². The number of fused-ring (bicyclic) bond motifs is 3. The third-order valence-corrected chi connectivity index (χ3v) is 5.42. The van der Waals surface area contributed by atoms with Gasteiger partial charge in [0.15, 0.2) is 0 Å². The van der Waals surface area contributed by atoms with E-state index < -0.39 is 0 Å². The number of hydrogen-bond donors (Lipinski definition) is 1. The van der Waals surface area contributed by atoms with Gasteiger partial charge >= 0.3 is 0 Å². The molecule has 4 nitrogen and oxygen atoms in total. The lowest BCUT2D eigenvalue weighted by Gasteiger charge is -2.37. The Hall–Kier alpha value is -0.940. The minimum absolute atomic E-state index is 0.629. The van der Waals surface area contributed by atoms with E-state index >= 15 is 0 Å². The zero-order chi connectivity index (χ0) is 12.7. The molecule has 2 saturated heterocycles. The second-order valence-corrected chi connectivity index (χ2v) is 6.68. The van der Waals surface area contributed by atoms with Crippen molar-refractivity contribution in [2.75, 3.05) is 48.3 Å². The summed E-state index contributed by atoms with van der Waals surface area (Å²) >= 11 is 1.98. The molecule has 0 aliphatic carbocycles. The highest BCUT2D eigenvalue weighted by atomic mass is 32.2. The summed E-state index contributed by atoms with van der Waals surface area (Å²) in [6.07, 6.45) is 4.65. The summed E-state index contributed by atoms with van der Waals surface area (Å²) in [5.74, 6) is 2.43. The quantitative estimate of drug-likeness (QED) is 0.841. The second kappa shape index (κ2) is 4.87. The highest BCUT2D eigenvalue weighted by Gasteiger charge is 2.28. The molecule has 0 saturated carbocycles. The number of nitrogens with one attached hydrogen (secondary N) is 1. The molecular weight excluding hydrogens is 256 g/mol. The molecule has 0 bridgehead atoms. The fourth-order valence-electron chi connectivity index (χ4n) is 3.10. The Morgan fingerprint density at radius 2 is 2.26 bits per heavy atom. The van der Waals surface area contributed by atoms with Crippen molar-refractivity contribution in [1.29, 1.82) is 0 Å². The second-order valence-electron chi connectivity index (χ2n) is 5.54. The summed E-state index contributed by atoms with van der Waals surface area (Å²) in [5, 5.41) is 3.50. The summed E-state index contributed by atoms with van der Waals surface area (Å²) in [4.78, 5) is 11.1. The molecular formula is C14H20N4S. The van der Waals surface area contributed by atoms with Crippen molar-refractivity contribution >= 4 is 23.3 Å². The molecule has 19 heavy (non-hydrogen) atoms. The standard InChI is InChI=1S/C14H20N4S/c1-4-17(5-1)12-8-13-14(16-10-12)18-6-3-15-9-11(18)2-7-19-13/h8,10-11,15H,1-7,9H2/t11-/m1/s1. The predicted octanol–water partition coefficient (Wildman–Crippen LogP) is 1.57. The average Bonchev–Trinajstić information content (AvgIpc) is 2.55. The van der Waals surface area contributed by atoms with E-state index in [1.54, 1.807) is 0 Å². The van der Waals surface area contributed by atoms with Crippen LogP contribution in [0.25, 0.3) is 0 Å². The highest BCUT2D eigenvalue weighted by molar-refractivity contribution is 7.99. The molecule has 0 unspecified atom stereocenters. The Balaban J connectivity index is 1.68. The number of piperazine rings is 1. The molecule has 1 aromatic heterocycles. The first kappa shape index (κ1) is 11.9. The smallest absolute Gasteiger partial charge is 0.142 e. The van der Waals surface area contributed by atoms with Crippen LogP contribution in [0.2, 0.25) is 0 Å². The Labute approximate surface area is 118 Å². The summed E-state index contributed by atoms with van der Waals surface area (Å²) in [6.45, 7) is 5.67. The lowest BCUT2D eigenvalue weighted by molar-refractivity contribution is 0.465. The monoisotopic (exact) mass is 276 g/mol. The summed E-state index contributed by atoms with van der Waals surface area (Å²) in [5.41, 5.74) is 1.31. The van der Waals surface area contributed by atoms with Crippen molar-refractivity contribution in [3.05, 3.63) is 12.3 Å². The normalized spacial score (nSPS) is 26.2. The maximum atomic E-state index is 4.80. The van der Waals surface area contributed by atoms with Crippen molar-refractivity contribution in [3.8, 4) is 0 Å². The van der Waals surface area contributed by atoms with Crippen LogP contribution >= 0.6 is 11.8 Å². The lowest BCUT2D eigenvalue weighted by Crippen LogP contribution is -2.51. The van der Waals surface area contributed by atoms with Gasteiger partial charge in [0.05, 0.1) is 16.8 Å². The summed E-state index contributed by atoms with van der Waals surface area (Å²) < 4.78 is 0. The van der Waals surface area contributed by atoms with Crippen LogP contribution in [-0.4, -0.2) is 49.5 Å². The Bertz CT molecular complexity index is 475. The van der Waals surface area contributed by atoms with Crippen LogP contribution in [0.3, 0.4) is 0 Å². The number of anilines is 2.